The minimum absolute atomic E-state index is 0.415. The van der Waals surface area contributed by atoms with Gasteiger partial charge in [-0.05, 0) is 18.9 Å². The molecular formula is C28H50O4S. The monoisotopic (exact) mass is 482 g/mol. The van der Waals surface area contributed by atoms with Crippen molar-refractivity contribution in [2.75, 3.05) is 6.61 Å². The second-order valence-corrected chi connectivity index (χ2v) is 10.3. The Balaban J connectivity index is 1.93. The molecule has 0 bridgehead atoms. The lowest BCUT2D eigenvalue weighted by molar-refractivity contribution is -0.0364. The van der Waals surface area contributed by atoms with Crippen molar-refractivity contribution in [3.05, 3.63) is 35.9 Å². The van der Waals surface area contributed by atoms with E-state index in [9.17, 15) is 8.76 Å². The SMILES string of the molecule is CCCCCCCCCCCCCCCCCCOC(C(C)OCc1ccccc1)S(=O)O. The first-order chi connectivity index (χ1) is 16.1. The molecule has 3 unspecified atom stereocenters. The van der Waals surface area contributed by atoms with Crippen molar-refractivity contribution in [3.63, 3.8) is 0 Å². The van der Waals surface area contributed by atoms with Crippen LogP contribution in [-0.4, -0.2) is 26.9 Å². The molecule has 0 aromatic heterocycles. The van der Waals surface area contributed by atoms with Gasteiger partial charge in [0.1, 0.15) is 0 Å². The summed E-state index contributed by atoms with van der Waals surface area (Å²) in [6, 6.07) is 9.83. The molecule has 5 heteroatoms. The fourth-order valence-corrected chi connectivity index (χ4v) is 4.71. The van der Waals surface area contributed by atoms with Crippen molar-refractivity contribution in [1.82, 2.24) is 0 Å². The molecule has 1 rings (SSSR count). The van der Waals surface area contributed by atoms with Gasteiger partial charge in [-0.15, -0.1) is 0 Å². The van der Waals surface area contributed by atoms with E-state index in [1.807, 2.05) is 30.3 Å². The van der Waals surface area contributed by atoms with Crippen LogP contribution in [-0.2, 0) is 27.2 Å². The number of hydrogen-bond donors (Lipinski definition) is 1. The second kappa shape index (κ2) is 21.8. The molecule has 0 saturated heterocycles. The Kier molecular flexibility index (Phi) is 20.0. The summed E-state index contributed by atoms with van der Waals surface area (Å²) in [6.45, 7) is 5.00. The van der Waals surface area contributed by atoms with Gasteiger partial charge >= 0.3 is 0 Å². The van der Waals surface area contributed by atoms with E-state index in [0.717, 1.165) is 18.4 Å². The van der Waals surface area contributed by atoms with E-state index in [-0.39, 0.29) is 0 Å². The molecule has 0 aliphatic carbocycles. The van der Waals surface area contributed by atoms with Gasteiger partial charge in [0.2, 0.25) is 0 Å². The zero-order chi connectivity index (χ0) is 24.0. The predicted molar refractivity (Wildman–Crippen MR) is 141 cm³/mol. The first-order valence-corrected chi connectivity index (χ1v) is 14.7. The Morgan fingerprint density at radius 2 is 1.18 bits per heavy atom. The topological polar surface area (TPSA) is 55.8 Å². The number of ether oxygens (including phenoxy) is 2. The third-order valence-corrected chi connectivity index (χ3v) is 7.13. The zero-order valence-corrected chi connectivity index (χ0v) is 22.2. The van der Waals surface area contributed by atoms with Gasteiger partial charge in [0.05, 0.1) is 12.7 Å². The Bertz CT molecular complexity index is 566. The molecule has 1 N–H and O–H groups in total. The van der Waals surface area contributed by atoms with Crippen LogP contribution < -0.4 is 0 Å². The summed E-state index contributed by atoms with van der Waals surface area (Å²) in [7, 11) is 0. The van der Waals surface area contributed by atoms with E-state index in [1.165, 1.54) is 89.9 Å². The average molecular weight is 483 g/mol. The molecule has 4 nitrogen and oxygen atoms in total. The van der Waals surface area contributed by atoms with Crippen LogP contribution in [0.1, 0.15) is 122 Å². The van der Waals surface area contributed by atoms with Crippen LogP contribution in [0.5, 0.6) is 0 Å². The second-order valence-electron chi connectivity index (χ2n) is 9.32. The maximum atomic E-state index is 11.7. The molecule has 0 heterocycles. The fourth-order valence-electron chi connectivity index (χ4n) is 4.09. The van der Waals surface area contributed by atoms with Gasteiger partial charge in [0.25, 0.3) is 0 Å². The lowest BCUT2D eigenvalue weighted by atomic mass is 10.0. The highest BCUT2D eigenvalue weighted by Crippen LogP contribution is 2.15. The molecule has 1 aromatic carbocycles. The number of benzene rings is 1. The van der Waals surface area contributed by atoms with Crippen molar-refractivity contribution in [1.29, 1.82) is 0 Å². The summed E-state index contributed by atoms with van der Waals surface area (Å²) in [6.07, 6.45) is 20.8. The summed E-state index contributed by atoms with van der Waals surface area (Å²) in [5.74, 6) is 0. The Morgan fingerprint density at radius 1 is 0.727 bits per heavy atom. The third kappa shape index (κ3) is 17.4. The molecule has 0 radical (unpaired) electrons. The average Bonchev–Trinajstić information content (AvgIpc) is 2.82. The number of rotatable bonds is 23. The van der Waals surface area contributed by atoms with Crippen molar-refractivity contribution in [3.8, 4) is 0 Å². The first-order valence-electron chi connectivity index (χ1n) is 13.5. The van der Waals surface area contributed by atoms with E-state index in [0.29, 0.717) is 13.2 Å². The van der Waals surface area contributed by atoms with Gasteiger partial charge < -0.3 is 14.0 Å². The maximum absolute atomic E-state index is 11.7. The van der Waals surface area contributed by atoms with E-state index in [4.69, 9.17) is 9.47 Å². The van der Waals surface area contributed by atoms with Crippen molar-refractivity contribution < 1.29 is 18.2 Å². The van der Waals surface area contributed by atoms with Crippen LogP contribution >= 0.6 is 0 Å². The van der Waals surface area contributed by atoms with Crippen LogP contribution in [0.4, 0.5) is 0 Å². The molecule has 33 heavy (non-hydrogen) atoms. The van der Waals surface area contributed by atoms with Crippen LogP contribution in [0.2, 0.25) is 0 Å². The van der Waals surface area contributed by atoms with Crippen molar-refractivity contribution in [2.24, 2.45) is 0 Å². The van der Waals surface area contributed by atoms with E-state index in [2.05, 4.69) is 6.92 Å². The Morgan fingerprint density at radius 3 is 1.64 bits per heavy atom. The highest BCUT2D eigenvalue weighted by molar-refractivity contribution is 7.79. The number of hydrogen-bond acceptors (Lipinski definition) is 3. The Hall–Kier alpha value is -0.750. The molecule has 0 saturated carbocycles. The van der Waals surface area contributed by atoms with Crippen LogP contribution in [0.15, 0.2) is 30.3 Å². The molecule has 0 amide bonds. The largest absolute Gasteiger partial charge is 0.370 e. The lowest BCUT2D eigenvalue weighted by Crippen LogP contribution is -2.33. The van der Waals surface area contributed by atoms with Crippen molar-refractivity contribution >= 4 is 11.1 Å². The molecule has 0 fully saturated rings. The van der Waals surface area contributed by atoms with Gasteiger partial charge in [0, 0.05) is 6.61 Å². The molecule has 0 aliphatic heterocycles. The first kappa shape index (κ1) is 30.3. The fraction of sp³-hybridized carbons (Fsp3) is 0.786. The summed E-state index contributed by atoms with van der Waals surface area (Å²) >= 11 is -2.06. The van der Waals surface area contributed by atoms with E-state index >= 15 is 0 Å². The highest BCUT2D eigenvalue weighted by atomic mass is 32.2. The van der Waals surface area contributed by atoms with Gasteiger partial charge in [0.15, 0.2) is 16.5 Å². The van der Waals surface area contributed by atoms with Crippen molar-refractivity contribution in [2.45, 2.75) is 135 Å². The quantitative estimate of drug-likeness (QED) is 0.126. The maximum Gasteiger partial charge on any atom is 0.185 e. The minimum atomic E-state index is -2.06. The summed E-state index contributed by atoms with van der Waals surface area (Å²) in [4.78, 5) is 0. The van der Waals surface area contributed by atoms with Gasteiger partial charge in [-0.25, -0.2) is 4.21 Å². The summed E-state index contributed by atoms with van der Waals surface area (Å²) in [5.41, 5.74) is 0.245. The lowest BCUT2D eigenvalue weighted by Gasteiger charge is -2.21. The predicted octanol–water partition coefficient (Wildman–Crippen LogP) is 8.42. The summed E-state index contributed by atoms with van der Waals surface area (Å²) < 4.78 is 32.7. The van der Waals surface area contributed by atoms with E-state index < -0.39 is 22.6 Å². The smallest absolute Gasteiger partial charge is 0.185 e. The molecular weight excluding hydrogens is 432 g/mol. The highest BCUT2D eigenvalue weighted by Gasteiger charge is 2.24. The zero-order valence-electron chi connectivity index (χ0n) is 21.3. The van der Waals surface area contributed by atoms with E-state index in [1.54, 1.807) is 6.92 Å². The van der Waals surface area contributed by atoms with Gasteiger partial charge in [-0.1, -0.05) is 134 Å². The number of unbranched alkanes of at least 4 members (excludes halogenated alkanes) is 15. The van der Waals surface area contributed by atoms with Gasteiger partial charge in [-0.2, -0.15) is 0 Å². The third-order valence-electron chi connectivity index (χ3n) is 6.22. The van der Waals surface area contributed by atoms with Crippen LogP contribution in [0.3, 0.4) is 0 Å². The molecule has 3 atom stereocenters. The van der Waals surface area contributed by atoms with Crippen LogP contribution in [0, 0.1) is 0 Å². The summed E-state index contributed by atoms with van der Waals surface area (Å²) in [5, 5.41) is 0. The molecule has 0 spiro atoms. The molecule has 0 aliphatic rings. The normalized spacial score (nSPS) is 14.3. The minimum Gasteiger partial charge on any atom is -0.370 e. The Labute approximate surface area is 206 Å². The standard InChI is InChI=1S/C28H50O4S/c1-3-4-5-6-7-8-9-10-11-12-13-14-15-16-17-21-24-31-28(33(29)30)26(2)32-25-27-22-19-18-20-23-27/h18-20,22-23,26,28H,3-17,21,24-25H2,1-2H3,(H,29,30). The molecule has 1 aromatic rings. The van der Waals surface area contributed by atoms with Crippen LogP contribution in [0.25, 0.3) is 0 Å². The van der Waals surface area contributed by atoms with Gasteiger partial charge in [-0.3, -0.25) is 0 Å². The molecule has 192 valence electrons.